The number of hydrazone groups is 1. The maximum absolute atomic E-state index is 11.8. The van der Waals surface area contributed by atoms with Crippen LogP contribution in [0, 0.1) is 0 Å². The number of aromatic nitrogens is 1. The van der Waals surface area contributed by atoms with Gasteiger partial charge in [0.2, 0.25) is 0 Å². The lowest BCUT2D eigenvalue weighted by Gasteiger charge is -2.06. The van der Waals surface area contributed by atoms with Crippen LogP contribution in [0.25, 0.3) is 0 Å². The largest absolute Gasteiger partial charge is 0.506 e. The number of benzene rings is 1. The van der Waals surface area contributed by atoms with Crippen LogP contribution >= 0.6 is 47.8 Å². The highest BCUT2D eigenvalue weighted by Gasteiger charge is 2.12. The van der Waals surface area contributed by atoms with Crippen molar-refractivity contribution >= 4 is 59.9 Å². The lowest BCUT2D eigenvalue weighted by molar-refractivity contribution is 0.0950. The Kier molecular flexibility index (Phi) is 5.49. The number of amides is 1. The monoisotopic (exact) mass is 475 g/mol. The van der Waals surface area contributed by atoms with E-state index in [0.717, 1.165) is 0 Å². The molecule has 1 aromatic heterocycles. The molecule has 1 heterocycles. The van der Waals surface area contributed by atoms with Gasteiger partial charge in [0.1, 0.15) is 11.4 Å². The van der Waals surface area contributed by atoms with Gasteiger partial charge in [0.05, 0.1) is 15.2 Å². The van der Waals surface area contributed by atoms with Crippen LogP contribution in [0.4, 0.5) is 0 Å². The third-order valence-electron chi connectivity index (χ3n) is 2.44. The first-order chi connectivity index (χ1) is 10.0. The average Bonchev–Trinajstić information content (AvgIpc) is 2.49. The van der Waals surface area contributed by atoms with Crippen molar-refractivity contribution in [1.29, 1.82) is 0 Å². The second-order valence-electron chi connectivity index (χ2n) is 3.83. The minimum absolute atomic E-state index is 0.0516. The van der Waals surface area contributed by atoms with Gasteiger partial charge < -0.3 is 5.11 Å². The number of pyridine rings is 1. The first-order valence-electron chi connectivity index (χ1n) is 5.61. The Morgan fingerprint density at radius 1 is 1.29 bits per heavy atom. The molecule has 0 bridgehead atoms. The second kappa shape index (κ2) is 7.15. The standard InChI is InChI=1S/C13H8Br3N3O2/c14-8-5-9(15)12(20)11(16)7(8)6-18-19-13(21)10-3-1-2-4-17-10/h1-6,20H,(H,19,21). The molecule has 2 N–H and O–H groups in total. The Balaban J connectivity index is 2.16. The number of halogens is 3. The summed E-state index contributed by atoms with van der Waals surface area (Å²) in [6.07, 6.45) is 2.94. The van der Waals surface area contributed by atoms with Gasteiger partial charge in [0.25, 0.3) is 5.91 Å². The molecular formula is C13H8Br3N3O2. The van der Waals surface area contributed by atoms with Crippen LogP contribution in [0.2, 0.25) is 0 Å². The predicted octanol–water partition coefficient (Wildman–Crippen LogP) is 3.84. The molecule has 0 saturated carbocycles. The molecule has 0 atom stereocenters. The quantitative estimate of drug-likeness (QED) is 0.521. The van der Waals surface area contributed by atoms with Crippen molar-refractivity contribution in [2.75, 3.05) is 0 Å². The van der Waals surface area contributed by atoms with Gasteiger partial charge in [-0.3, -0.25) is 9.78 Å². The molecule has 108 valence electrons. The Bertz CT molecular complexity index is 706. The van der Waals surface area contributed by atoms with Crippen LogP contribution < -0.4 is 5.43 Å². The summed E-state index contributed by atoms with van der Waals surface area (Å²) in [5.41, 5.74) is 3.23. The van der Waals surface area contributed by atoms with E-state index in [1.807, 2.05) is 0 Å². The van der Waals surface area contributed by atoms with E-state index in [9.17, 15) is 9.90 Å². The number of carbonyl (C=O) groups is 1. The van der Waals surface area contributed by atoms with E-state index in [-0.39, 0.29) is 11.4 Å². The SMILES string of the molecule is O=C(NN=Cc1c(Br)cc(Br)c(O)c1Br)c1ccccn1. The van der Waals surface area contributed by atoms with Crippen LogP contribution in [0.15, 0.2) is 49.0 Å². The molecule has 0 saturated heterocycles. The summed E-state index contributed by atoms with van der Waals surface area (Å²) in [5.74, 6) is -0.365. The highest BCUT2D eigenvalue weighted by atomic mass is 79.9. The molecule has 8 heteroatoms. The summed E-state index contributed by atoms with van der Waals surface area (Å²) in [6, 6.07) is 6.70. The highest BCUT2D eigenvalue weighted by molar-refractivity contribution is 9.11. The van der Waals surface area contributed by atoms with E-state index in [1.54, 1.807) is 24.3 Å². The van der Waals surface area contributed by atoms with Crippen LogP contribution in [0.5, 0.6) is 5.75 Å². The fraction of sp³-hybridized carbons (Fsp3) is 0. The third kappa shape index (κ3) is 3.90. The number of nitrogens with one attached hydrogen (secondary N) is 1. The third-order valence-corrected chi connectivity index (χ3v) is 4.50. The van der Waals surface area contributed by atoms with Gasteiger partial charge >= 0.3 is 0 Å². The summed E-state index contributed by atoms with van der Waals surface area (Å²) < 4.78 is 1.70. The molecule has 0 aliphatic carbocycles. The smallest absolute Gasteiger partial charge is 0.289 e. The molecule has 0 spiro atoms. The molecule has 0 radical (unpaired) electrons. The molecule has 1 aromatic carbocycles. The molecule has 2 rings (SSSR count). The molecule has 2 aromatic rings. The number of phenolic OH excluding ortho intramolecular Hbond substituents is 1. The zero-order valence-corrected chi connectivity index (χ0v) is 15.1. The van der Waals surface area contributed by atoms with Crippen molar-refractivity contribution < 1.29 is 9.90 Å². The first-order valence-corrected chi connectivity index (χ1v) is 7.99. The van der Waals surface area contributed by atoms with Crippen molar-refractivity contribution in [3.05, 3.63) is 55.1 Å². The van der Waals surface area contributed by atoms with Crippen molar-refractivity contribution in [1.82, 2.24) is 10.4 Å². The molecular weight excluding hydrogens is 470 g/mol. The molecule has 1 amide bonds. The number of phenols is 1. The van der Waals surface area contributed by atoms with Gasteiger partial charge in [-0.15, -0.1) is 0 Å². The van der Waals surface area contributed by atoms with Crippen LogP contribution in [-0.2, 0) is 0 Å². The maximum Gasteiger partial charge on any atom is 0.289 e. The van der Waals surface area contributed by atoms with Gasteiger partial charge in [-0.1, -0.05) is 22.0 Å². The van der Waals surface area contributed by atoms with E-state index in [4.69, 9.17) is 0 Å². The number of rotatable bonds is 3. The molecule has 0 fully saturated rings. The summed E-state index contributed by atoms with van der Waals surface area (Å²) >= 11 is 9.85. The van der Waals surface area contributed by atoms with Crippen LogP contribution in [0.1, 0.15) is 16.1 Å². The number of nitrogens with zero attached hydrogens (tertiary/aromatic N) is 2. The lowest BCUT2D eigenvalue weighted by atomic mass is 10.2. The maximum atomic E-state index is 11.8. The van der Waals surface area contributed by atoms with E-state index < -0.39 is 5.91 Å². The minimum atomic E-state index is -0.416. The van der Waals surface area contributed by atoms with Crippen molar-refractivity contribution in [3.8, 4) is 5.75 Å². The van der Waals surface area contributed by atoms with Gasteiger partial charge in [0.15, 0.2) is 0 Å². The van der Waals surface area contributed by atoms with E-state index in [0.29, 0.717) is 19.0 Å². The Hall–Kier alpha value is -1.25. The van der Waals surface area contributed by atoms with Crippen LogP contribution in [-0.4, -0.2) is 22.2 Å². The summed E-state index contributed by atoms with van der Waals surface area (Å²) in [4.78, 5) is 15.7. The van der Waals surface area contributed by atoms with Crippen molar-refractivity contribution in [3.63, 3.8) is 0 Å². The Morgan fingerprint density at radius 2 is 2.05 bits per heavy atom. The van der Waals surface area contributed by atoms with Gasteiger partial charge in [-0.2, -0.15) is 5.10 Å². The molecule has 5 nitrogen and oxygen atoms in total. The summed E-state index contributed by atoms with van der Waals surface area (Å²) in [5, 5.41) is 13.7. The normalized spacial score (nSPS) is 10.8. The first kappa shape index (κ1) is 16.1. The zero-order valence-electron chi connectivity index (χ0n) is 10.3. The Morgan fingerprint density at radius 3 is 2.71 bits per heavy atom. The summed E-state index contributed by atoms with van der Waals surface area (Å²) in [6.45, 7) is 0. The second-order valence-corrected chi connectivity index (χ2v) is 6.33. The van der Waals surface area contributed by atoms with Crippen molar-refractivity contribution in [2.24, 2.45) is 5.10 Å². The molecule has 0 unspecified atom stereocenters. The van der Waals surface area contributed by atoms with Gasteiger partial charge in [-0.05, 0) is 50.1 Å². The fourth-order valence-electron chi connectivity index (χ4n) is 1.42. The average molecular weight is 478 g/mol. The lowest BCUT2D eigenvalue weighted by Crippen LogP contribution is -2.18. The topological polar surface area (TPSA) is 74.6 Å². The van der Waals surface area contributed by atoms with Gasteiger partial charge in [-0.25, -0.2) is 5.43 Å². The number of aromatic hydroxyl groups is 1. The van der Waals surface area contributed by atoms with Crippen molar-refractivity contribution in [2.45, 2.75) is 0 Å². The summed E-state index contributed by atoms with van der Waals surface area (Å²) in [7, 11) is 0. The van der Waals surface area contributed by atoms with E-state index >= 15 is 0 Å². The van der Waals surface area contributed by atoms with E-state index in [2.05, 4.69) is 63.3 Å². The predicted molar refractivity (Wildman–Crippen MR) is 90.5 cm³/mol. The van der Waals surface area contributed by atoms with Gasteiger partial charge in [0, 0.05) is 16.2 Å². The molecule has 0 aliphatic heterocycles. The van der Waals surface area contributed by atoms with E-state index in [1.165, 1.54) is 12.4 Å². The zero-order chi connectivity index (χ0) is 15.4. The molecule has 21 heavy (non-hydrogen) atoms. The fourth-order valence-corrected chi connectivity index (χ4v) is 3.75. The van der Waals surface area contributed by atoms with Crippen LogP contribution in [0.3, 0.4) is 0 Å². The number of hydrogen-bond acceptors (Lipinski definition) is 4. The molecule has 0 aliphatic rings. The Labute approximate surface area is 145 Å². The highest BCUT2D eigenvalue weighted by Crippen LogP contribution is 2.38. The number of carbonyl (C=O) groups excluding carboxylic acids is 1. The minimum Gasteiger partial charge on any atom is -0.506 e. The number of hydrogen-bond donors (Lipinski definition) is 2.